The standard InChI is InChI=1S/C5H5NS2.K/c7-8-5-3-1-2-4-6-5;/h1-4,7H;/q;+1/p-1. The van der Waals surface area contributed by atoms with E-state index in [4.69, 9.17) is 0 Å². The minimum absolute atomic E-state index is 0. The van der Waals surface area contributed by atoms with Gasteiger partial charge in [-0.3, -0.25) is 15.8 Å². The Bertz CT molecular complexity index is 156. The van der Waals surface area contributed by atoms with E-state index in [0.717, 1.165) is 5.03 Å². The van der Waals surface area contributed by atoms with Gasteiger partial charge in [-0.1, -0.05) is 6.07 Å². The van der Waals surface area contributed by atoms with Crippen molar-refractivity contribution < 1.29 is 51.4 Å². The maximum atomic E-state index is 4.67. The van der Waals surface area contributed by atoms with Crippen LogP contribution in [0.1, 0.15) is 0 Å². The van der Waals surface area contributed by atoms with Gasteiger partial charge in [0.05, 0.1) is 5.03 Å². The Morgan fingerprint density at radius 3 is 2.56 bits per heavy atom. The van der Waals surface area contributed by atoms with Crippen LogP contribution in [0.15, 0.2) is 29.4 Å². The van der Waals surface area contributed by atoms with Gasteiger partial charge in [0.25, 0.3) is 0 Å². The normalized spacial score (nSPS) is 8.11. The summed E-state index contributed by atoms with van der Waals surface area (Å²) in [6.07, 6.45) is 1.73. The molecule has 1 aromatic heterocycles. The second kappa shape index (κ2) is 6.21. The fraction of sp³-hybridized carbons (Fsp3) is 0. The molecule has 0 aliphatic carbocycles. The largest absolute Gasteiger partial charge is 1.00 e. The van der Waals surface area contributed by atoms with E-state index in [0.29, 0.717) is 0 Å². The summed E-state index contributed by atoms with van der Waals surface area (Å²) in [5.41, 5.74) is 0. The Morgan fingerprint density at radius 1 is 1.44 bits per heavy atom. The van der Waals surface area contributed by atoms with Crippen molar-refractivity contribution in [3.8, 4) is 0 Å². The van der Waals surface area contributed by atoms with Gasteiger partial charge in [0.2, 0.25) is 0 Å². The Morgan fingerprint density at radius 2 is 2.22 bits per heavy atom. The predicted octanol–water partition coefficient (Wildman–Crippen LogP) is -1.36. The molecule has 1 heterocycles. The van der Waals surface area contributed by atoms with Crippen LogP contribution in [0.3, 0.4) is 0 Å². The first kappa shape index (κ1) is 10.5. The molecule has 0 aliphatic heterocycles. The molecule has 0 fully saturated rings. The Labute approximate surface area is 106 Å². The fourth-order valence-corrected chi connectivity index (χ4v) is 0.930. The van der Waals surface area contributed by atoms with E-state index in [-0.39, 0.29) is 51.4 Å². The van der Waals surface area contributed by atoms with E-state index in [2.05, 4.69) is 16.6 Å². The number of pyridine rings is 1. The zero-order chi connectivity index (χ0) is 5.82. The first-order valence-corrected chi connectivity index (χ1v) is 3.88. The van der Waals surface area contributed by atoms with E-state index >= 15 is 0 Å². The maximum Gasteiger partial charge on any atom is 1.00 e. The van der Waals surface area contributed by atoms with E-state index in [1.807, 2.05) is 18.2 Å². The molecule has 0 aliphatic rings. The first-order valence-electron chi connectivity index (χ1n) is 2.14. The van der Waals surface area contributed by atoms with E-state index in [9.17, 15) is 0 Å². The van der Waals surface area contributed by atoms with E-state index < -0.39 is 0 Å². The van der Waals surface area contributed by atoms with Crippen LogP contribution in [0, 0.1) is 0 Å². The summed E-state index contributed by atoms with van der Waals surface area (Å²) >= 11 is 4.67. The Hall–Kier alpha value is 1.49. The van der Waals surface area contributed by atoms with Gasteiger partial charge in [-0.2, -0.15) is 0 Å². The number of rotatable bonds is 1. The predicted molar refractivity (Wildman–Crippen MR) is 37.5 cm³/mol. The van der Waals surface area contributed by atoms with Crippen molar-refractivity contribution >= 4 is 22.5 Å². The van der Waals surface area contributed by atoms with E-state index in [1.54, 1.807) is 6.20 Å². The molecule has 0 N–H and O–H groups in total. The summed E-state index contributed by atoms with van der Waals surface area (Å²) in [7, 11) is 1.24. The third-order valence-corrected chi connectivity index (χ3v) is 1.65. The zero-order valence-electron chi connectivity index (χ0n) is 5.07. The molecule has 0 amide bonds. The Kier molecular flexibility index (Phi) is 7.24. The average Bonchev–Trinajstić information content (AvgIpc) is 1.90. The molecule has 1 aromatic rings. The molecule has 0 radical (unpaired) electrons. The van der Waals surface area contributed by atoms with Crippen molar-refractivity contribution in [1.29, 1.82) is 0 Å². The number of hydrogen-bond acceptors (Lipinski definition) is 3. The summed E-state index contributed by atoms with van der Waals surface area (Å²) in [4.78, 5) is 3.96. The van der Waals surface area contributed by atoms with Gasteiger partial charge < -0.3 is 11.7 Å². The molecule has 1 rings (SSSR count). The molecule has 42 valence electrons. The van der Waals surface area contributed by atoms with Gasteiger partial charge in [-0.25, -0.2) is 0 Å². The van der Waals surface area contributed by atoms with Gasteiger partial charge in [0, 0.05) is 6.20 Å². The van der Waals surface area contributed by atoms with Crippen molar-refractivity contribution in [1.82, 2.24) is 4.98 Å². The van der Waals surface area contributed by atoms with Gasteiger partial charge in [-0.05, 0) is 12.1 Å². The second-order valence-corrected chi connectivity index (χ2v) is 2.34. The third kappa shape index (κ3) is 4.03. The van der Waals surface area contributed by atoms with Crippen molar-refractivity contribution in [2.45, 2.75) is 5.03 Å². The van der Waals surface area contributed by atoms with Crippen molar-refractivity contribution in [3.63, 3.8) is 0 Å². The molecule has 4 heteroatoms. The topological polar surface area (TPSA) is 12.9 Å². The fourth-order valence-electron chi connectivity index (χ4n) is 0.396. The smallest absolute Gasteiger partial charge is 0.712 e. The summed E-state index contributed by atoms with van der Waals surface area (Å²) < 4.78 is 0. The van der Waals surface area contributed by atoms with Crippen LogP contribution in [0.5, 0.6) is 0 Å². The molecule has 0 atom stereocenters. The SMILES string of the molecule is [K+].[S-]Sc1ccccn1. The van der Waals surface area contributed by atoms with Crippen LogP contribution in [-0.2, 0) is 11.7 Å². The van der Waals surface area contributed by atoms with Crippen LogP contribution in [0.25, 0.3) is 0 Å². The molecular weight excluding hydrogens is 177 g/mol. The number of nitrogens with zero attached hydrogens (tertiary/aromatic N) is 1. The third-order valence-electron chi connectivity index (χ3n) is 0.723. The monoisotopic (exact) mass is 181 g/mol. The van der Waals surface area contributed by atoms with Crippen molar-refractivity contribution in [2.75, 3.05) is 0 Å². The molecule has 9 heavy (non-hydrogen) atoms. The maximum absolute atomic E-state index is 4.67. The minimum Gasteiger partial charge on any atom is -0.712 e. The van der Waals surface area contributed by atoms with Gasteiger partial charge >= 0.3 is 51.4 Å². The minimum atomic E-state index is 0. The summed E-state index contributed by atoms with van der Waals surface area (Å²) in [5, 5.41) is 0.891. The molecule has 1 nitrogen and oxygen atoms in total. The number of aromatic nitrogens is 1. The van der Waals surface area contributed by atoms with Crippen LogP contribution in [0.2, 0.25) is 0 Å². The van der Waals surface area contributed by atoms with Crippen LogP contribution < -0.4 is 51.4 Å². The van der Waals surface area contributed by atoms with Crippen LogP contribution in [0.4, 0.5) is 0 Å². The summed E-state index contributed by atoms with van der Waals surface area (Å²) in [6.45, 7) is 0. The van der Waals surface area contributed by atoms with Crippen LogP contribution >= 0.6 is 10.8 Å². The molecule has 0 spiro atoms. The quantitative estimate of drug-likeness (QED) is 0.302. The summed E-state index contributed by atoms with van der Waals surface area (Å²) in [6, 6.07) is 5.67. The molecular formula is C5H4KNS2. The average molecular weight is 181 g/mol. The first-order chi connectivity index (χ1) is 3.93. The van der Waals surface area contributed by atoms with Crippen molar-refractivity contribution in [2.24, 2.45) is 0 Å². The zero-order valence-corrected chi connectivity index (χ0v) is 9.83. The van der Waals surface area contributed by atoms with Crippen LogP contribution in [-0.4, -0.2) is 4.98 Å². The Balaban J connectivity index is 0.000000640. The van der Waals surface area contributed by atoms with E-state index in [1.165, 1.54) is 10.8 Å². The molecule has 0 saturated heterocycles. The summed E-state index contributed by atoms with van der Waals surface area (Å²) in [5.74, 6) is 0. The van der Waals surface area contributed by atoms with Gasteiger partial charge in [0.1, 0.15) is 0 Å². The molecule has 0 unspecified atom stereocenters. The molecule has 0 bridgehead atoms. The number of hydrogen-bond donors (Lipinski definition) is 0. The van der Waals surface area contributed by atoms with Gasteiger partial charge in [-0.15, -0.1) is 0 Å². The van der Waals surface area contributed by atoms with Gasteiger partial charge in [0.15, 0.2) is 0 Å². The molecule has 0 aromatic carbocycles. The second-order valence-electron chi connectivity index (χ2n) is 1.25. The molecule has 0 saturated carbocycles. The van der Waals surface area contributed by atoms with Crippen molar-refractivity contribution in [3.05, 3.63) is 24.4 Å².